The number of carbonyl (C=O) groups excluding carboxylic acids is 1. The third kappa shape index (κ3) is 3.77. The van der Waals surface area contributed by atoms with Crippen LogP contribution in [0, 0.1) is 0 Å². The van der Waals surface area contributed by atoms with E-state index in [0.29, 0.717) is 5.56 Å². The molecule has 0 aliphatic carbocycles. The van der Waals surface area contributed by atoms with Gasteiger partial charge in [-0.2, -0.15) is 0 Å². The van der Waals surface area contributed by atoms with Crippen LogP contribution in [0.2, 0.25) is 0 Å². The van der Waals surface area contributed by atoms with Gasteiger partial charge in [-0.1, -0.05) is 0 Å². The number of methoxy groups -OCH3 is 1. The summed E-state index contributed by atoms with van der Waals surface area (Å²) in [7, 11) is 1.62. The average Bonchev–Trinajstić information content (AvgIpc) is 3.19. The smallest absolute Gasteiger partial charge is 0.326 e. The van der Waals surface area contributed by atoms with Gasteiger partial charge in [-0.25, -0.2) is 14.8 Å². The van der Waals surface area contributed by atoms with Crippen LogP contribution in [0.25, 0.3) is 11.0 Å². The lowest BCUT2D eigenvalue weighted by atomic mass is 10.00. The summed E-state index contributed by atoms with van der Waals surface area (Å²) in [5.41, 5.74) is 2.17. The molecule has 0 bridgehead atoms. The normalized spacial score (nSPS) is 20.5. The molecular weight excluding hydrogens is 408 g/mol. The predicted molar refractivity (Wildman–Crippen MR) is 120 cm³/mol. The molecule has 1 atom stereocenters. The molecule has 2 aliphatic heterocycles. The summed E-state index contributed by atoms with van der Waals surface area (Å²) in [6.45, 7) is 2.45. The van der Waals surface area contributed by atoms with Gasteiger partial charge < -0.3 is 14.6 Å². The van der Waals surface area contributed by atoms with Gasteiger partial charge in [0.15, 0.2) is 0 Å². The first kappa shape index (κ1) is 20.7. The summed E-state index contributed by atoms with van der Waals surface area (Å²) in [6.07, 6.45) is 9.54. The Morgan fingerprint density at radius 3 is 2.62 bits per heavy atom. The van der Waals surface area contributed by atoms with Gasteiger partial charge in [0.2, 0.25) is 0 Å². The number of piperidine rings is 2. The Morgan fingerprint density at radius 1 is 1.09 bits per heavy atom. The molecule has 0 spiro atoms. The van der Waals surface area contributed by atoms with Crippen molar-refractivity contribution in [3.05, 3.63) is 53.0 Å². The van der Waals surface area contributed by atoms with E-state index in [1.54, 1.807) is 19.5 Å². The Labute approximate surface area is 186 Å². The number of rotatable bonds is 4. The maximum absolute atomic E-state index is 13.1. The van der Waals surface area contributed by atoms with E-state index in [1.807, 2.05) is 27.7 Å². The molecule has 2 saturated heterocycles. The van der Waals surface area contributed by atoms with Crippen molar-refractivity contribution in [2.45, 2.75) is 44.3 Å². The number of imidazole rings is 1. The second-order valence-corrected chi connectivity index (χ2v) is 8.55. The zero-order chi connectivity index (χ0) is 22.1. The molecule has 1 aromatic carbocycles. The van der Waals surface area contributed by atoms with Crippen LogP contribution in [0.5, 0.6) is 5.75 Å². The van der Waals surface area contributed by atoms with E-state index >= 15 is 0 Å². The van der Waals surface area contributed by atoms with Crippen LogP contribution < -0.4 is 10.4 Å². The number of hydrogen-bond donors (Lipinski definition) is 1. The fourth-order valence-electron chi connectivity index (χ4n) is 5.15. The zero-order valence-corrected chi connectivity index (χ0v) is 18.2. The molecule has 168 valence electrons. The minimum Gasteiger partial charge on any atom is -0.497 e. The van der Waals surface area contributed by atoms with Gasteiger partial charge in [0.05, 0.1) is 29.9 Å². The van der Waals surface area contributed by atoms with Crippen LogP contribution in [-0.2, 0) is 0 Å². The highest BCUT2D eigenvalue weighted by atomic mass is 16.5. The Morgan fingerprint density at radius 2 is 1.88 bits per heavy atom. The number of fused-ring (bicyclic) bond motifs is 1. The summed E-state index contributed by atoms with van der Waals surface area (Å²) >= 11 is 0. The molecule has 1 amide bonds. The number of ether oxygens (including phenoxy) is 1. The molecule has 1 N–H and O–H groups in total. The fourth-order valence-corrected chi connectivity index (χ4v) is 5.15. The first-order valence-electron chi connectivity index (χ1n) is 11.2. The van der Waals surface area contributed by atoms with Crippen LogP contribution in [-0.4, -0.2) is 68.1 Å². The van der Waals surface area contributed by atoms with Crippen LogP contribution in [0.4, 0.5) is 0 Å². The van der Waals surface area contributed by atoms with Gasteiger partial charge in [0, 0.05) is 44.1 Å². The van der Waals surface area contributed by atoms with Gasteiger partial charge in [-0.3, -0.25) is 14.3 Å². The van der Waals surface area contributed by atoms with Gasteiger partial charge in [0.25, 0.3) is 5.91 Å². The number of nitrogens with zero attached hydrogens (tertiary/aromatic N) is 5. The standard InChI is InChI=1S/C23H28N6O3/c1-32-18-5-6-20-19(12-18)26-23(31)29(20)17-7-10-27(11-8-17)21-4-2-3-9-28(21)22(30)16-13-24-15-25-14-16/h5-6,12-15,17,21H,2-4,7-11H2,1H3,(H,26,31). The molecule has 32 heavy (non-hydrogen) atoms. The first-order valence-corrected chi connectivity index (χ1v) is 11.2. The fraction of sp³-hybridized carbons (Fsp3) is 0.478. The lowest BCUT2D eigenvalue weighted by Crippen LogP contribution is -2.55. The third-order valence-corrected chi connectivity index (χ3v) is 6.75. The molecule has 1 unspecified atom stereocenters. The third-order valence-electron chi connectivity index (χ3n) is 6.75. The highest BCUT2D eigenvalue weighted by Crippen LogP contribution is 2.30. The Kier molecular flexibility index (Phi) is 5.65. The molecule has 0 saturated carbocycles. The number of nitrogens with one attached hydrogen (secondary N) is 1. The van der Waals surface area contributed by atoms with Crippen molar-refractivity contribution in [2.75, 3.05) is 26.7 Å². The monoisotopic (exact) mass is 436 g/mol. The highest BCUT2D eigenvalue weighted by Gasteiger charge is 2.35. The molecule has 4 heterocycles. The molecule has 3 aromatic rings. The zero-order valence-electron chi connectivity index (χ0n) is 18.2. The summed E-state index contributed by atoms with van der Waals surface area (Å²) in [5, 5.41) is 0. The van der Waals surface area contributed by atoms with Crippen molar-refractivity contribution < 1.29 is 9.53 Å². The Balaban J connectivity index is 1.32. The number of aromatic nitrogens is 4. The van der Waals surface area contributed by atoms with E-state index in [0.717, 1.165) is 68.5 Å². The van der Waals surface area contributed by atoms with Crippen LogP contribution >= 0.6 is 0 Å². The van der Waals surface area contributed by atoms with Crippen molar-refractivity contribution in [3.8, 4) is 5.75 Å². The average molecular weight is 437 g/mol. The molecule has 9 nitrogen and oxygen atoms in total. The van der Waals surface area contributed by atoms with Gasteiger partial charge >= 0.3 is 5.69 Å². The lowest BCUT2D eigenvalue weighted by Gasteiger charge is -2.45. The highest BCUT2D eigenvalue weighted by molar-refractivity contribution is 5.93. The van der Waals surface area contributed by atoms with Crippen LogP contribution in [0.3, 0.4) is 0 Å². The van der Waals surface area contributed by atoms with E-state index in [4.69, 9.17) is 4.74 Å². The number of likely N-dealkylation sites (tertiary alicyclic amines) is 2. The van der Waals surface area contributed by atoms with Crippen molar-refractivity contribution in [1.29, 1.82) is 0 Å². The van der Waals surface area contributed by atoms with E-state index in [2.05, 4.69) is 19.9 Å². The molecule has 0 radical (unpaired) electrons. The van der Waals surface area contributed by atoms with E-state index in [-0.39, 0.29) is 23.8 Å². The minimum atomic E-state index is -0.0785. The second kappa shape index (κ2) is 8.74. The summed E-state index contributed by atoms with van der Waals surface area (Å²) < 4.78 is 7.17. The van der Waals surface area contributed by atoms with Gasteiger partial charge in [-0.05, 0) is 44.2 Å². The van der Waals surface area contributed by atoms with Crippen molar-refractivity contribution in [3.63, 3.8) is 0 Å². The van der Waals surface area contributed by atoms with Crippen LogP contribution in [0.1, 0.15) is 48.5 Å². The second-order valence-electron chi connectivity index (χ2n) is 8.55. The Bertz CT molecular complexity index is 1150. The van der Waals surface area contributed by atoms with E-state index in [9.17, 15) is 9.59 Å². The maximum atomic E-state index is 13.1. The molecule has 2 aliphatic rings. The summed E-state index contributed by atoms with van der Waals surface area (Å²) in [6, 6.07) is 5.83. The SMILES string of the molecule is COc1ccc2c(c1)[nH]c(=O)n2C1CCN(C2CCCCN2C(=O)c2cncnc2)CC1. The number of aromatic amines is 1. The largest absolute Gasteiger partial charge is 0.497 e. The Hall–Kier alpha value is -3.20. The summed E-state index contributed by atoms with van der Waals surface area (Å²) in [4.78, 5) is 41.2. The molecule has 2 fully saturated rings. The molecule has 9 heteroatoms. The van der Waals surface area contributed by atoms with Gasteiger partial charge in [0.1, 0.15) is 12.1 Å². The number of benzene rings is 1. The predicted octanol–water partition coefficient (Wildman–Crippen LogP) is 2.42. The molecule has 2 aromatic heterocycles. The van der Waals surface area contributed by atoms with Gasteiger partial charge in [-0.15, -0.1) is 0 Å². The van der Waals surface area contributed by atoms with E-state index in [1.165, 1.54) is 6.33 Å². The quantitative estimate of drug-likeness (QED) is 0.675. The van der Waals surface area contributed by atoms with Crippen LogP contribution in [0.15, 0.2) is 41.7 Å². The number of carbonyl (C=O) groups is 1. The number of hydrogen-bond acceptors (Lipinski definition) is 6. The van der Waals surface area contributed by atoms with Crippen molar-refractivity contribution in [1.82, 2.24) is 29.3 Å². The molecular formula is C23H28N6O3. The summed E-state index contributed by atoms with van der Waals surface area (Å²) in [5.74, 6) is 0.728. The maximum Gasteiger partial charge on any atom is 0.326 e. The first-order chi connectivity index (χ1) is 15.7. The van der Waals surface area contributed by atoms with Crippen molar-refractivity contribution >= 4 is 16.9 Å². The minimum absolute atomic E-state index is 0.000723. The topological polar surface area (TPSA) is 96.4 Å². The number of amides is 1. The number of H-pyrrole nitrogens is 1. The molecule has 5 rings (SSSR count). The van der Waals surface area contributed by atoms with Crippen molar-refractivity contribution in [2.24, 2.45) is 0 Å². The lowest BCUT2D eigenvalue weighted by molar-refractivity contribution is 0.00115. The van der Waals surface area contributed by atoms with E-state index < -0.39 is 0 Å².